The molecule has 0 atom stereocenters. The highest BCUT2D eigenvalue weighted by atomic mass is 19.1. The van der Waals surface area contributed by atoms with Gasteiger partial charge in [0, 0.05) is 12.7 Å². The largest absolute Gasteiger partial charge is 0.484 e. The molecule has 0 fully saturated rings. The van der Waals surface area contributed by atoms with Gasteiger partial charge in [-0.25, -0.2) is 4.39 Å². The number of fused-ring (bicyclic) bond motifs is 1. The molecule has 1 N–H and O–H groups in total. The molecule has 0 aliphatic carbocycles. The van der Waals surface area contributed by atoms with Gasteiger partial charge in [-0.15, -0.1) is 0 Å². The standard InChI is InChI=1S/C31H28FN3O3/c1-31(2,37)26-11-6-12-27-28(26)29(38-20-23-8-4-3-5-9-23)30(35(21-36)25-10-7-17-33-18-25)34(27)19-22-13-15-24(32)16-14-22/h3-18,21,37H,19-20H2,1-2H3. The number of aromatic nitrogens is 2. The van der Waals surface area contributed by atoms with Crippen molar-refractivity contribution < 1.29 is 19.0 Å². The molecule has 0 bridgehead atoms. The lowest BCUT2D eigenvalue weighted by molar-refractivity contribution is -0.106. The van der Waals surface area contributed by atoms with Crippen LogP contribution in [0.25, 0.3) is 10.9 Å². The smallest absolute Gasteiger partial charge is 0.220 e. The predicted octanol–water partition coefficient (Wildman–Crippen LogP) is 6.32. The summed E-state index contributed by atoms with van der Waals surface area (Å²) in [6.45, 7) is 4.03. The van der Waals surface area contributed by atoms with Gasteiger partial charge in [-0.05, 0) is 60.9 Å². The molecule has 2 heterocycles. The number of anilines is 2. The number of nitrogens with zero attached hydrogens (tertiary/aromatic N) is 3. The molecule has 192 valence electrons. The van der Waals surface area contributed by atoms with Crippen LogP contribution in [-0.4, -0.2) is 21.1 Å². The van der Waals surface area contributed by atoms with Crippen molar-refractivity contribution in [2.45, 2.75) is 32.6 Å². The number of amides is 1. The van der Waals surface area contributed by atoms with Gasteiger partial charge in [0.2, 0.25) is 6.41 Å². The molecule has 5 rings (SSSR count). The number of hydrogen-bond donors (Lipinski definition) is 1. The summed E-state index contributed by atoms with van der Waals surface area (Å²) in [4.78, 5) is 18.4. The van der Waals surface area contributed by atoms with Crippen LogP contribution in [0.4, 0.5) is 15.9 Å². The topological polar surface area (TPSA) is 67.6 Å². The Balaban J connectivity index is 1.79. The van der Waals surface area contributed by atoms with Crippen LogP contribution in [0.5, 0.6) is 5.75 Å². The number of benzene rings is 3. The summed E-state index contributed by atoms with van der Waals surface area (Å²) in [5.41, 5.74) is 2.59. The molecule has 6 nitrogen and oxygen atoms in total. The Hall–Kier alpha value is -4.49. The Bertz CT molecular complexity index is 1540. The lowest BCUT2D eigenvalue weighted by Crippen LogP contribution is -2.19. The van der Waals surface area contributed by atoms with Crippen molar-refractivity contribution in [3.05, 3.63) is 120 Å². The summed E-state index contributed by atoms with van der Waals surface area (Å²) >= 11 is 0. The van der Waals surface area contributed by atoms with Gasteiger partial charge in [0.1, 0.15) is 12.4 Å². The summed E-state index contributed by atoms with van der Waals surface area (Å²) in [6.07, 6.45) is 3.97. The highest BCUT2D eigenvalue weighted by Gasteiger charge is 2.30. The van der Waals surface area contributed by atoms with E-state index < -0.39 is 5.60 Å². The normalized spacial score (nSPS) is 11.5. The molecule has 0 aliphatic heterocycles. The fraction of sp³-hybridized carbons (Fsp3) is 0.161. The van der Waals surface area contributed by atoms with Gasteiger partial charge >= 0.3 is 0 Å². The summed E-state index contributed by atoms with van der Waals surface area (Å²) in [5.74, 6) is 0.618. The van der Waals surface area contributed by atoms with Crippen molar-refractivity contribution in [2.75, 3.05) is 4.90 Å². The van der Waals surface area contributed by atoms with Crippen molar-refractivity contribution in [2.24, 2.45) is 0 Å². The third-order valence-electron chi connectivity index (χ3n) is 6.42. The molecule has 0 saturated carbocycles. The molecular weight excluding hydrogens is 481 g/mol. The number of pyridine rings is 1. The number of rotatable bonds is 9. The maximum absolute atomic E-state index is 13.7. The van der Waals surface area contributed by atoms with E-state index in [-0.39, 0.29) is 12.4 Å². The highest BCUT2D eigenvalue weighted by molar-refractivity contribution is 6.01. The van der Waals surface area contributed by atoms with E-state index in [2.05, 4.69) is 4.98 Å². The molecule has 0 spiro atoms. The van der Waals surface area contributed by atoms with Crippen LogP contribution in [0.2, 0.25) is 0 Å². The van der Waals surface area contributed by atoms with Crippen LogP contribution >= 0.6 is 0 Å². The predicted molar refractivity (Wildman–Crippen MR) is 146 cm³/mol. The first kappa shape index (κ1) is 25.2. The Morgan fingerprint density at radius 1 is 0.974 bits per heavy atom. The first-order valence-electron chi connectivity index (χ1n) is 12.3. The van der Waals surface area contributed by atoms with E-state index in [1.807, 2.05) is 53.1 Å². The van der Waals surface area contributed by atoms with E-state index in [1.54, 1.807) is 50.5 Å². The average molecular weight is 510 g/mol. The number of carbonyl (C=O) groups is 1. The van der Waals surface area contributed by atoms with Crippen LogP contribution in [0, 0.1) is 5.82 Å². The van der Waals surface area contributed by atoms with Gasteiger partial charge in [0.05, 0.1) is 28.4 Å². The molecule has 2 aromatic heterocycles. The molecule has 3 aromatic carbocycles. The van der Waals surface area contributed by atoms with E-state index in [0.717, 1.165) is 23.1 Å². The number of carbonyl (C=O) groups excluding carboxylic acids is 1. The van der Waals surface area contributed by atoms with Gasteiger partial charge in [0.15, 0.2) is 11.6 Å². The average Bonchev–Trinajstić information content (AvgIpc) is 3.22. The van der Waals surface area contributed by atoms with Gasteiger partial charge in [-0.2, -0.15) is 0 Å². The second-order valence-electron chi connectivity index (χ2n) is 9.58. The number of aliphatic hydroxyl groups is 1. The fourth-order valence-corrected chi connectivity index (χ4v) is 4.63. The Kier molecular flexibility index (Phi) is 6.94. The van der Waals surface area contributed by atoms with Gasteiger partial charge in [-0.1, -0.05) is 54.6 Å². The zero-order valence-electron chi connectivity index (χ0n) is 21.2. The number of hydrogen-bond acceptors (Lipinski definition) is 4. The summed E-state index contributed by atoms with van der Waals surface area (Å²) in [5, 5.41) is 11.8. The van der Waals surface area contributed by atoms with E-state index >= 15 is 0 Å². The summed E-state index contributed by atoms with van der Waals surface area (Å²) in [7, 11) is 0. The second kappa shape index (κ2) is 10.5. The maximum atomic E-state index is 13.7. The van der Waals surface area contributed by atoms with Crippen LogP contribution in [-0.2, 0) is 23.5 Å². The molecule has 38 heavy (non-hydrogen) atoms. The lowest BCUT2D eigenvalue weighted by atomic mass is 9.94. The first-order valence-corrected chi connectivity index (χ1v) is 12.3. The minimum Gasteiger partial charge on any atom is -0.484 e. The van der Waals surface area contributed by atoms with Gasteiger partial charge in [-0.3, -0.25) is 14.7 Å². The summed E-state index contributed by atoms with van der Waals surface area (Å²) in [6, 6.07) is 25.2. The Morgan fingerprint density at radius 3 is 2.39 bits per heavy atom. The Labute approximate surface area is 220 Å². The molecule has 7 heteroatoms. The van der Waals surface area contributed by atoms with Crippen LogP contribution in [0.1, 0.15) is 30.5 Å². The zero-order valence-corrected chi connectivity index (χ0v) is 21.2. The molecule has 0 unspecified atom stereocenters. The van der Waals surface area contributed by atoms with E-state index in [1.165, 1.54) is 17.0 Å². The molecule has 5 aromatic rings. The van der Waals surface area contributed by atoms with Gasteiger partial charge in [0.25, 0.3) is 0 Å². The van der Waals surface area contributed by atoms with Crippen LogP contribution in [0.15, 0.2) is 97.3 Å². The third-order valence-corrected chi connectivity index (χ3v) is 6.42. The monoisotopic (exact) mass is 509 g/mol. The fourth-order valence-electron chi connectivity index (χ4n) is 4.63. The zero-order chi connectivity index (χ0) is 26.7. The summed E-state index contributed by atoms with van der Waals surface area (Å²) < 4.78 is 22.2. The van der Waals surface area contributed by atoms with Crippen LogP contribution in [0.3, 0.4) is 0 Å². The van der Waals surface area contributed by atoms with Crippen molar-refractivity contribution in [1.29, 1.82) is 0 Å². The minimum absolute atomic E-state index is 0.253. The molecule has 0 radical (unpaired) electrons. The highest BCUT2D eigenvalue weighted by Crippen LogP contribution is 2.46. The van der Waals surface area contributed by atoms with Crippen molar-refractivity contribution in [3.8, 4) is 5.75 Å². The Morgan fingerprint density at radius 2 is 1.74 bits per heavy atom. The molecule has 1 amide bonds. The molecular formula is C31H28FN3O3. The van der Waals surface area contributed by atoms with E-state index in [4.69, 9.17) is 4.74 Å². The van der Waals surface area contributed by atoms with E-state index in [0.29, 0.717) is 34.7 Å². The first-order chi connectivity index (χ1) is 18.4. The van der Waals surface area contributed by atoms with E-state index in [9.17, 15) is 14.3 Å². The van der Waals surface area contributed by atoms with Gasteiger partial charge < -0.3 is 14.4 Å². The SMILES string of the molecule is CC(C)(O)c1cccc2c1c(OCc1ccccc1)c(N(C=O)c1cccnc1)n2Cc1ccc(F)cc1. The maximum Gasteiger partial charge on any atom is 0.220 e. The van der Waals surface area contributed by atoms with Crippen molar-refractivity contribution in [1.82, 2.24) is 9.55 Å². The minimum atomic E-state index is -1.19. The molecule has 0 saturated heterocycles. The third kappa shape index (κ3) is 5.01. The lowest BCUT2D eigenvalue weighted by Gasteiger charge is -2.22. The number of halogens is 1. The number of ether oxygens (including phenoxy) is 1. The van der Waals surface area contributed by atoms with Crippen LogP contribution < -0.4 is 9.64 Å². The second-order valence-corrected chi connectivity index (χ2v) is 9.58. The quantitative estimate of drug-likeness (QED) is 0.236. The van der Waals surface area contributed by atoms with Crippen molar-refractivity contribution in [3.63, 3.8) is 0 Å². The molecule has 0 aliphatic rings. The van der Waals surface area contributed by atoms with Crippen molar-refractivity contribution >= 4 is 28.8 Å².